The van der Waals surface area contributed by atoms with E-state index in [1.807, 2.05) is 0 Å². The van der Waals surface area contributed by atoms with Crippen molar-refractivity contribution in [1.29, 1.82) is 0 Å². The first kappa shape index (κ1) is 12.3. The Morgan fingerprint density at radius 1 is 1.46 bits per heavy atom. The standard InChI is InChI=1S/C8H13N3O.ClH/c1-12-5-8(9)2-7-3-10-6-11-4-7;/h3-4,6,8H,2,5,9H2,1H3;1H. The van der Waals surface area contributed by atoms with Gasteiger partial charge < -0.3 is 10.5 Å². The summed E-state index contributed by atoms with van der Waals surface area (Å²) in [6, 6.07) is 0.0287. The molecule has 1 heterocycles. The molecule has 0 radical (unpaired) electrons. The highest BCUT2D eigenvalue weighted by molar-refractivity contribution is 5.85. The molecule has 2 N–H and O–H groups in total. The van der Waals surface area contributed by atoms with Crippen molar-refractivity contribution in [3.05, 3.63) is 24.3 Å². The summed E-state index contributed by atoms with van der Waals surface area (Å²) in [7, 11) is 1.64. The first-order chi connectivity index (χ1) is 5.83. The van der Waals surface area contributed by atoms with E-state index in [-0.39, 0.29) is 18.4 Å². The zero-order valence-electron chi connectivity index (χ0n) is 7.51. The fraction of sp³-hybridized carbons (Fsp3) is 0.500. The Kier molecular flexibility index (Phi) is 6.40. The maximum atomic E-state index is 5.74. The minimum atomic E-state index is 0. The molecule has 0 saturated heterocycles. The number of aromatic nitrogens is 2. The molecule has 0 aliphatic heterocycles. The SMILES string of the molecule is COCC(N)Cc1cncnc1.Cl. The van der Waals surface area contributed by atoms with E-state index in [1.165, 1.54) is 6.33 Å². The third-order valence-corrected chi connectivity index (χ3v) is 1.49. The van der Waals surface area contributed by atoms with E-state index in [9.17, 15) is 0 Å². The van der Waals surface area contributed by atoms with Crippen LogP contribution in [0.15, 0.2) is 18.7 Å². The van der Waals surface area contributed by atoms with Crippen LogP contribution in [0.2, 0.25) is 0 Å². The molecule has 0 spiro atoms. The van der Waals surface area contributed by atoms with Gasteiger partial charge >= 0.3 is 0 Å². The zero-order chi connectivity index (χ0) is 8.81. The first-order valence-electron chi connectivity index (χ1n) is 3.81. The molecule has 4 nitrogen and oxygen atoms in total. The Balaban J connectivity index is 0.00000144. The summed E-state index contributed by atoms with van der Waals surface area (Å²) < 4.78 is 4.91. The van der Waals surface area contributed by atoms with Gasteiger partial charge in [0.2, 0.25) is 0 Å². The van der Waals surface area contributed by atoms with Gasteiger partial charge in [-0.2, -0.15) is 0 Å². The molecule has 74 valence electrons. The van der Waals surface area contributed by atoms with Gasteiger partial charge in [-0.05, 0) is 12.0 Å². The van der Waals surface area contributed by atoms with Gasteiger partial charge in [0, 0.05) is 25.5 Å². The van der Waals surface area contributed by atoms with Crippen molar-refractivity contribution in [1.82, 2.24) is 9.97 Å². The molecule has 1 atom stereocenters. The lowest BCUT2D eigenvalue weighted by Gasteiger charge is -2.08. The Bertz CT molecular complexity index is 220. The van der Waals surface area contributed by atoms with Gasteiger partial charge in [0.1, 0.15) is 6.33 Å². The second-order valence-electron chi connectivity index (χ2n) is 2.67. The van der Waals surface area contributed by atoms with Crippen LogP contribution < -0.4 is 5.73 Å². The topological polar surface area (TPSA) is 61.0 Å². The molecule has 5 heteroatoms. The minimum Gasteiger partial charge on any atom is -0.383 e. The van der Waals surface area contributed by atoms with Gasteiger partial charge in [0.15, 0.2) is 0 Å². The van der Waals surface area contributed by atoms with Gasteiger partial charge in [-0.3, -0.25) is 0 Å². The van der Waals surface area contributed by atoms with Crippen LogP contribution in [0.1, 0.15) is 5.56 Å². The number of nitrogens with two attached hydrogens (primary N) is 1. The normalized spacial score (nSPS) is 11.8. The first-order valence-corrected chi connectivity index (χ1v) is 3.81. The Hall–Kier alpha value is -0.710. The number of methoxy groups -OCH3 is 1. The number of hydrogen-bond acceptors (Lipinski definition) is 4. The molecule has 0 amide bonds. The maximum Gasteiger partial charge on any atom is 0.115 e. The summed E-state index contributed by atoms with van der Waals surface area (Å²) in [6.07, 6.45) is 5.80. The minimum absolute atomic E-state index is 0. The van der Waals surface area contributed by atoms with Crippen LogP contribution in [-0.4, -0.2) is 29.7 Å². The molecule has 0 aliphatic rings. The highest BCUT2D eigenvalue weighted by atomic mass is 35.5. The quantitative estimate of drug-likeness (QED) is 0.771. The van der Waals surface area contributed by atoms with Crippen molar-refractivity contribution in [2.75, 3.05) is 13.7 Å². The predicted octanol–water partition coefficient (Wildman–Crippen LogP) is 0.415. The van der Waals surface area contributed by atoms with E-state index >= 15 is 0 Å². The van der Waals surface area contributed by atoms with Crippen LogP contribution in [0, 0.1) is 0 Å². The summed E-state index contributed by atoms with van der Waals surface area (Å²) in [5.41, 5.74) is 6.78. The van der Waals surface area contributed by atoms with Crippen LogP contribution in [0.4, 0.5) is 0 Å². The Labute approximate surface area is 83.9 Å². The molecule has 0 aliphatic carbocycles. The molecule has 1 rings (SSSR count). The number of hydrogen-bond donors (Lipinski definition) is 1. The average Bonchev–Trinajstić information content (AvgIpc) is 2.06. The third kappa shape index (κ3) is 4.77. The van der Waals surface area contributed by atoms with Crippen LogP contribution in [0.3, 0.4) is 0 Å². The van der Waals surface area contributed by atoms with E-state index in [1.54, 1.807) is 19.5 Å². The van der Waals surface area contributed by atoms with Crippen molar-refractivity contribution in [3.63, 3.8) is 0 Å². The maximum absolute atomic E-state index is 5.74. The van der Waals surface area contributed by atoms with E-state index in [2.05, 4.69) is 9.97 Å². The second kappa shape index (κ2) is 6.77. The fourth-order valence-corrected chi connectivity index (χ4v) is 1.01. The van der Waals surface area contributed by atoms with Gasteiger partial charge in [0.25, 0.3) is 0 Å². The number of halogens is 1. The molecule has 13 heavy (non-hydrogen) atoms. The molecular weight excluding hydrogens is 190 g/mol. The van der Waals surface area contributed by atoms with Crippen LogP contribution >= 0.6 is 12.4 Å². The Morgan fingerprint density at radius 3 is 2.62 bits per heavy atom. The summed E-state index contributed by atoms with van der Waals surface area (Å²) in [5, 5.41) is 0. The lowest BCUT2D eigenvalue weighted by Crippen LogP contribution is -2.28. The van der Waals surface area contributed by atoms with Gasteiger partial charge in [0.05, 0.1) is 6.61 Å². The van der Waals surface area contributed by atoms with Crippen molar-refractivity contribution >= 4 is 12.4 Å². The lowest BCUT2D eigenvalue weighted by atomic mass is 10.1. The highest BCUT2D eigenvalue weighted by Gasteiger charge is 2.02. The molecule has 0 fully saturated rings. The summed E-state index contributed by atoms with van der Waals surface area (Å²) in [5.74, 6) is 0. The second-order valence-corrected chi connectivity index (χ2v) is 2.67. The van der Waals surface area contributed by atoms with E-state index in [0.717, 1.165) is 12.0 Å². The molecule has 0 aromatic carbocycles. The predicted molar refractivity (Wildman–Crippen MR) is 52.8 cm³/mol. The molecule has 1 unspecified atom stereocenters. The zero-order valence-corrected chi connectivity index (χ0v) is 8.33. The largest absolute Gasteiger partial charge is 0.383 e. The average molecular weight is 204 g/mol. The molecule has 0 saturated carbocycles. The van der Waals surface area contributed by atoms with E-state index < -0.39 is 0 Å². The summed E-state index contributed by atoms with van der Waals surface area (Å²) in [4.78, 5) is 7.78. The van der Waals surface area contributed by atoms with E-state index in [4.69, 9.17) is 10.5 Å². The molecular formula is C8H14ClN3O. The van der Waals surface area contributed by atoms with Crippen molar-refractivity contribution in [3.8, 4) is 0 Å². The summed E-state index contributed by atoms with van der Waals surface area (Å²) >= 11 is 0. The van der Waals surface area contributed by atoms with Crippen LogP contribution in [-0.2, 0) is 11.2 Å². The smallest absolute Gasteiger partial charge is 0.115 e. The van der Waals surface area contributed by atoms with Crippen LogP contribution in [0.25, 0.3) is 0 Å². The molecule has 0 bridgehead atoms. The third-order valence-electron chi connectivity index (χ3n) is 1.49. The van der Waals surface area contributed by atoms with Gasteiger partial charge in [-0.1, -0.05) is 0 Å². The van der Waals surface area contributed by atoms with Gasteiger partial charge in [-0.15, -0.1) is 12.4 Å². The van der Waals surface area contributed by atoms with Crippen LogP contribution in [0.5, 0.6) is 0 Å². The number of nitrogens with zero attached hydrogens (tertiary/aromatic N) is 2. The van der Waals surface area contributed by atoms with Crippen molar-refractivity contribution in [2.24, 2.45) is 5.73 Å². The molecule has 1 aromatic heterocycles. The van der Waals surface area contributed by atoms with Crippen molar-refractivity contribution in [2.45, 2.75) is 12.5 Å². The van der Waals surface area contributed by atoms with Gasteiger partial charge in [-0.25, -0.2) is 9.97 Å². The van der Waals surface area contributed by atoms with E-state index in [0.29, 0.717) is 6.61 Å². The summed E-state index contributed by atoms with van der Waals surface area (Å²) in [6.45, 7) is 0.564. The van der Waals surface area contributed by atoms with Crippen molar-refractivity contribution < 1.29 is 4.74 Å². The monoisotopic (exact) mass is 203 g/mol. The Morgan fingerprint density at radius 2 is 2.08 bits per heavy atom. The number of ether oxygens (including phenoxy) is 1. The lowest BCUT2D eigenvalue weighted by molar-refractivity contribution is 0.180. The highest BCUT2D eigenvalue weighted by Crippen LogP contribution is 1.97. The molecule has 1 aromatic rings. The number of rotatable bonds is 4. The fourth-order valence-electron chi connectivity index (χ4n) is 1.01.